The molecule has 1 aromatic carbocycles. The fraction of sp³-hybridized carbons (Fsp3) is 0.524. The second-order valence-electron chi connectivity index (χ2n) is 7.40. The van der Waals surface area contributed by atoms with E-state index in [1.807, 2.05) is 12.1 Å². The Balaban J connectivity index is 1.42. The standard InChI is InChI=1S/C21H25NO5/c23-14-16(11-15-5-2-1-3-6-15)22-13-17(12-20(22)24)27-19-8-4-7-18-21(19)26-10-9-25-18/h4,7-8,12,14-16H,1-3,5-6,9-11,13H2/t16-/m0/s1. The first kappa shape index (κ1) is 17.9. The molecule has 1 fully saturated rings. The van der Waals surface area contributed by atoms with Crippen LogP contribution in [0.4, 0.5) is 0 Å². The summed E-state index contributed by atoms with van der Waals surface area (Å²) < 4.78 is 17.2. The third-order valence-electron chi connectivity index (χ3n) is 5.52. The van der Waals surface area contributed by atoms with Crippen molar-refractivity contribution in [1.82, 2.24) is 4.90 Å². The van der Waals surface area contributed by atoms with Crippen molar-refractivity contribution in [3.8, 4) is 17.2 Å². The number of nitrogens with zero attached hydrogens (tertiary/aromatic N) is 1. The monoisotopic (exact) mass is 371 g/mol. The highest BCUT2D eigenvalue weighted by Gasteiger charge is 2.32. The fourth-order valence-electron chi connectivity index (χ4n) is 4.14. The number of carbonyl (C=O) groups excluding carboxylic acids is 2. The minimum atomic E-state index is -0.387. The summed E-state index contributed by atoms with van der Waals surface area (Å²) in [5.41, 5.74) is 0. The van der Waals surface area contributed by atoms with Gasteiger partial charge in [0, 0.05) is 6.08 Å². The van der Waals surface area contributed by atoms with E-state index in [9.17, 15) is 9.59 Å². The fourth-order valence-corrected chi connectivity index (χ4v) is 4.14. The average Bonchev–Trinajstić information content (AvgIpc) is 3.07. The summed E-state index contributed by atoms with van der Waals surface area (Å²) in [6.07, 6.45) is 9.14. The van der Waals surface area contributed by atoms with Crippen molar-refractivity contribution in [3.05, 3.63) is 30.0 Å². The first-order chi connectivity index (χ1) is 13.2. The zero-order chi connectivity index (χ0) is 18.6. The van der Waals surface area contributed by atoms with Gasteiger partial charge >= 0.3 is 0 Å². The van der Waals surface area contributed by atoms with E-state index in [0.29, 0.717) is 48.7 Å². The van der Waals surface area contributed by atoms with E-state index < -0.39 is 0 Å². The zero-order valence-corrected chi connectivity index (χ0v) is 15.4. The molecule has 1 atom stereocenters. The Bertz CT molecular complexity index is 738. The van der Waals surface area contributed by atoms with Gasteiger partial charge in [0.1, 0.15) is 25.3 Å². The number of rotatable bonds is 6. The summed E-state index contributed by atoms with van der Waals surface area (Å²) in [6, 6.07) is 5.06. The number of ether oxygens (including phenoxy) is 3. The molecule has 3 aliphatic rings. The molecule has 1 saturated carbocycles. The van der Waals surface area contributed by atoms with Crippen molar-refractivity contribution < 1.29 is 23.8 Å². The van der Waals surface area contributed by atoms with E-state index in [0.717, 1.165) is 25.5 Å². The lowest BCUT2D eigenvalue weighted by Gasteiger charge is -2.29. The molecule has 1 aliphatic carbocycles. The minimum Gasteiger partial charge on any atom is -0.486 e. The Morgan fingerprint density at radius 2 is 2.00 bits per heavy atom. The maximum atomic E-state index is 12.5. The van der Waals surface area contributed by atoms with Crippen LogP contribution in [0.3, 0.4) is 0 Å². The maximum absolute atomic E-state index is 12.5. The van der Waals surface area contributed by atoms with Crippen molar-refractivity contribution in [2.75, 3.05) is 19.8 Å². The van der Waals surface area contributed by atoms with Gasteiger partial charge < -0.3 is 23.9 Å². The number of carbonyl (C=O) groups is 2. The van der Waals surface area contributed by atoms with Crippen molar-refractivity contribution in [1.29, 1.82) is 0 Å². The van der Waals surface area contributed by atoms with Crippen LogP contribution < -0.4 is 14.2 Å². The SMILES string of the molecule is O=C[C@H](CC1CCCCC1)N1CC(Oc2cccc3c2OCCO3)=CC1=O. The molecule has 0 saturated heterocycles. The van der Waals surface area contributed by atoms with Gasteiger partial charge in [0.05, 0.1) is 12.6 Å². The molecule has 1 amide bonds. The van der Waals surface area contributed by atoms with Gasteiger partial charge in [-0.15, -0.1) is 0 Å². The lowest BCUT2D eigenvalue weighted by molar-refractivity contribution is -0.130. The van der Waals surface area contributed by atoms with Crippen LogP contribution >= 0.6 is 0 Å². The molecule has 0 aromatic heterocycles. The molecule has 0 bridgehead atoms. The Labute approximate surface area is 159 Å². The molecule has 0 spiro atoms. The van der Waals surface area contributed by atoms with Crippen LogP contribution in [0.2, 0.25) is 0 Å². The van der Waals surface area contributed by atoms with E-state index in [4.69, 9.17) is 14.2 Å². The Morgan fingerprint density at radius 3 is 2.81 bits per heavy atom. The molecule has 6 nitrogen and oxygen atoms in total. The smallest absolute Gasteiger partial charge is 0.251 e. The second-order valence-corrected chi connectivity index (χ2v) is 7.40. The number of hydrogen-bond donors (Lipinski definition) is 0. The van der Waals surface area contributed by atoms with Crippen LogP contribution in [0.1, 0.15) is 38.5 Å². The van der Waals surface area contributed by atoms with Crippen LogP contribution in [0.15, 0.2) is 30.0 Å². The van der Waals surface area contributed by atoms with E-state index in [1.165, 1.54) is 25.3 Å². The molecule has 27 heavy (non-hydrogen) atoms. The summed E-state index contributed by atoms with van der Waals surface area (Å²) in [7, 11) is 0. The highest BCUT2D eigenvalue weighted by atomic mass is 16.6. The van der Waals surface area contributed by atoms with Gasteiger partial charge in [0.25, 0.3) is 5.91 Å². The third-order valence-corrected chi connectivity index (χ3v) is 5.52. The van der Waals surface area contributed by atoms with Crippen molar-refractivity contribution in [3.63, 3.8) is 0 Å². The summed E-state index contributed by atoms with van der Waals surface area (Å²) in [4.78, 5) is 25.7. The van der Waals surface area contributed by atoms with Gasteiger partial charge in [0.15, 0.2) is 11.5 Å². The predicted octanol–water partition coefficient (Wildman–Crippen LogP) is 3.10. The zero-order valence-electron chi connectivity index (χ0n) is 15.4. The number of aldehydes is 1. The molecule has 4 rings (SSSR count). The molecule has 1 aromatic rings. The average molecular weight is 371 g/mol. The first-order valence-corrected chi connectivity index (χ1v) is 9.77. The van der Waals surface area contributed by atoms with E-state index >= 15 is 0 Å². The topological polar surface area (TPSA) is 65.1 Å². The number of hydrogen-bond acceptors (Lipinski definition) is 5. The number of amides is 1. The van der Waals surface area contributed by atoms with Gasteiger partial charge in [-0.2, -0.15) is 0 Å². The summed E-state index contributed by atoms with van der Waals surface area (Å²) in [5, 5.41) is 0. The van der Waals surface area contributed by atoms with Crippen LogP contribution in [-0.2, 0) is 9.59 Å². The summed E-state index contributed by atoms with van der Waals surface area (Å²) in [5.74, 6) is 2.62. The van der Waals surface area contributed by atoms with Gasteiger partial charge in [-0.25, -0.2) is 0 Å². The molecule has 0 N–H and O–H groups in total. The van der Waals surface area contributed by atoms with E-state index in [2.05, 4.69) is 0 Å². The van der Waals surface area contributed by atoms with Crippen LogP contribution in [-0.4, -0.2) is 42.9 Å². The molecular formula is C21H25NO5. The summed E-state index contributed by atoms with van der Waals surface area (Å²) >= 11 is 0. The van der Waals surface area contributed by atoms with E-state index in [1.54, 1.807) is 11.0 Å². The van der Waals surface area contributed by atoms with Crippen LogP contribution in [0, 0.1) is 5.92 Å². The van der Waals surface area contributed by atoms with Gasteiger partial charge in [-0.05, 0) is 24.5 Å². The summed E-state index contributed by atoms with van der Waals surface area (Å²) in [6.45, 7) is 1.28. The molecule has 2 heterocycles. The lowest BCUT2D eigenvalue weighted by atomic mass is 9.85. The highest BCUT2D eigenvalue weighted by Crippen LogP contribution is 2.40. The Hall–Kier alpha value is -2.50. The predicted molar refractivity (Wildman–Crippen MR) is 98.9 cm³/mol. The largest absolute Gasteiger partial charge is 0.486 e. The Morgan fingerprint density at radius 1 is 1.19 bits per heavy atom. The number of benzene rings is 1. The Kier molecular flexibility index (Phi) is 5.32. The maximum Gasteiger partial charge on any atom is 0.251 e. The quantitative estimate of drug-likeness (QED) is 0.719. The van der Waals surface area contributed by atoms with Crippen molar-refractivity contribution in [2.45, 2.75) is 44.6 Å². The van der Waals surface area contributed by atoms with E-state index in [-0.39, 0.29) is 11.9 Å². The van der Waals surface area contributed by atoms with Crippen molar-refractivity contribution >= 4 is 12.2 Å². The van der Waals surface area contributed by atoms with Gasteiger partial charge in [0.2, 0.25) is 5.75 Å². The highest BCUT2D eigenvalue weighted by molar-refractivity contribution is 5.92. The first-order valence-electron chi connectivity index (χ1n) is 9.77. The number of fused-ring (bicyclic) bond motifs is 1. The lowest BCUT2D eigenvalue weighted by Crippen LogP contribution is -2.40. The van der Waals surface area contributed by atoms with Crippen LogP contribution in [0.5, 0.6) is 17.2 Å². The molecular weight excluding hydrogens is 346 g/mol. The van der Waals surface area contributed by atoms with Gasteiger partial charge in [-0.3, -0.25) is 4.79 Å². The molecule has 0 unspecified atom stereocenters. The van der Waals surface area contributed by atoms with Crippen molar-refractivity contribution in [2.24, 2.45) is 5.92 Å². The number of para-hydroxylation sites is 1. The van der Waals surface area contributed by atoms with Gasteiger partial charge in [-0.1, -0.05) is 38.2 Å². The normalized spacial score (nSPS) is 21.0. The minimum absolute atomic E-state index is 0.167. The molecule has 0 radical (unpaired) electrons. The molecule has 144 valence electrons. The third kappa shape index (κ3) is 3.94. The second kappa shape index (κ2) is 8.03. The van der Waals surface area contributed by atoms with Crippen LogP contribution in [0.25, 0.3) is 0 Å². The molecule has 6 heteroatoms. The molecule has 2 aliphatic heterocycles.